The third kappa shape index (κ3) is 3.72. The Bertz CT molecular complexity index is 1020. The summed E-state index contributed by atoms with van der Waals surface area (Å²) in [6.45, 7) is 2.02. The molecular weight excluding hydrogens is 427 g/mol. The SMILES string of the molecule is Cc1ccc(Cl)c(CSC(=O)N2CCC3C2C(=O)CN3C(=O)c2ccccc2)c1F. The maximum Gasteiger partial charge on any atom is 0.282 e. The van der Waals surface area contributed by atoms with E-state index in [1.54, 1.807) is 48.2 Å². The van der Waals surface area contributed by atoms with E-state index in [9.17, 15) is 18.8 Å². The normalized spacial score (nSPS) is 20.6. The van der Waals surface area contributed by atoms with Crippen LogP contribution in [0, 0.1) is 12.7 Å². The van der Waals surface area contributed by atoms with Crippen LogP contribution in [0.2, 0.25) is 5.02 Å². The van der Waals surface area contributed by atoms with Crippen molar-refractivity contribution in [3.05, 3.63) is 70.0 Å². The number of rotatable bonds is 3. The van der Waals surface area contributed by atoms with Crippen LogP contribution < -0.4 is 0 Å². The molecule has 2 amide bonds. The highest BCUT2D eigenvalue weighted by Gasteiger charge is 2.51. The Hall–Kier alpha value is -2.38. The van der Waals surface area contributed by atoms with Crippen LogP contribution in [-0.4, -0.2) is 51.9 Å². The lowest BCUT2D eigenvalue weighted by atomic mass is 10.1. The molecule has 2 heterocycles. The lowest BCUT2D eigenvalue weighted by Crippen LogP contribution is -2.42. The van der Waals surface area contributed by atoms with Crippen LogP contribution in [0.1, 0.15) is 27.9 Å². The molecule has 2 fully saturated rings. The van der Waals surface area contributed by atoms with Gasteiger partial charge in [0.25, 0.3) is 11.1 Å². The number of hydrogen-bond donors (Lipinski definition) is 0. The molecule has 2 aliphatic rings. The number of benzene rings is 2. The van der Waals surface area contributed by atoms with Crippen LogP contribution in [0.15, 0.2) is 42.5 Å². The fraction of sp³-hybridized carbons (Fsp3) is 0.318. The summed E-state index contributed by atoms with van der Waals surface area (Å²) in [7, 11) is 0. The predicted octanol–water partition coefficient (Wildman–Crippen LogP) is 4.31. The molecule has 156 valence electrons. The fourth-order valence-corrected chi connectivity index (χ4v) is 5.32. The highest BCUT2D eigenvalue weighted by atomic mass is 35.5. The molecule has 0 aromatic heterocycles. The van der Waals surface area contributed by atoms with Crippen LogP contribution in [0.3, 0.4) is 0 Å². The second kappa shape index (κ2) is 8.40. The van der Waals surface area contributed by atoms with Crippen molar-refractivity contribution in [2.45, 2.75) is 31.2 Å². The zero-order valence-corrected chi connectivity index (χ0v) is 17.9. The largest absolute Gasteiger partial charge is 0.326 e. The molecule has 0 saturated carbocycles. The van der Waals surface area contributed by atoms with Gasteiger partial charge in [0, 0.05) is 28.4 Å². The van der Waals surface area contributed by atoms with Gasteiger partial charge >= 0.3 is 0 Å². The van der Waals surface area contributed by atoms with Gasteiger partial charge in [-0.15, -0.1) is 0 Å². The molecule has 0 aliphatic carbocycles. The first-order valence-electron chi connectivity index (χ1n) is 9.64. The number of thioether (sulfide) groups is 1. The third-order valence-electron chi connectivity index (χ3n) is 5.66. The van der Waals surface area contributed by atoms with E-state index in [2.05, 4.69) is 0 Å². The molecule has 0 N–H and O–H groups in total. The summed E-state index contributed by atoms with van der Waals surface area (Å²) >= 11 is 7.02. The molecule has 2 aliphatic heterocycles. The number of amides is 2. The fourth-order valence-electron chi connectivity index (χ4n) is 4.11. The number of Topliss-reactive ketones (excluding diaryl/α,β-unsaturated/α-hetero) is 1. The first-order valence-corrected chi connectivity index (χ1v) is 11.0. The van der Waals surface area contributed by atoms with Crippen molar-refractivity contribution >= 4 is 40.3 Å². The highest BCUT2D eigenvalue weighted by Crippen LogP contribution is 2.34. The van der Waals surface area contributed by atoms with Crippen LogP contribution in [0.4, 0.5) is 9.18 Å². The Kier molecular flexibility index (Phi) is 5.84. The number of halogens is 2. The summed E-state index contributed by atoms with van der Waals surface area (Å²) in [5.41, 5.74) is 1.27. The number of carbonyl (C=O) groups is 3. The number of likely N-dealkylation sites (tertiary alicyclic amines) is 2. The average molecular weight is 447 g/mol. The molecule has 0 bridgehead atoms. The number of carbonyl (C=O) groups excluding carboxylic acids is 3. The van der Waals surface area contributed by atoms with E-state index in [-0.39, 0.29) is 45.9 Å². The highest BCUT2D eigenvalue weighted by molar-refractivity contribution is 8.12. The second-order valence-electron chi connectivity index (χ2n) is 7.47. The van der Waals surface area contributed by atoms with E-state index < -0.39 is 11.9 Å². The lowest BCUT2D eigenvalue weighted by molar-refractivity contribution is -0.119. The number of aryl methyl sites for hydroxylation is 1. The van der Waals surface area contributed by atoms with Crippen molar-refractivity contribution in [3.63, 3.8) is 0 Å². The quantitative estimate of drug-likeness (QED) is 0.705. The molecule has 2 unspecified atom stereocenters. The molecule has 0 spiro atoms. The van der Waals surface area contributed by atoms with Gasteiger partial charge in [0.15, 0.2) is 5.78 Å². The molecular formula is C22H20ClFN2O3S. The van der Waals surface area contributed by atoms with E-state index in [0.29, 0.717) is 24.1 Å². The van der Waals surface area contributed by atoms with Crippen LogP contribution in [0.25, 0.3) is 0 Å². The minimum Gasteiger partial charge on any atom is -0.326 e. The molecule has 2 aromatic rings. The minimum absolute atomic E-state index is 0.00412. The third-order valence-corrected chi connectivity index (χ3v) is 6.93. The van der Waals surface area contributed by atoms with Crippen molar-refractivity contribution < 1.29 is 18.8 Å². The first-order chi connectivity index (χ1) is 14.4. The number of hydrogen-bond acceptors (Lipinski definition) is 4. The maximum atomic E-state index is 14.3. The lowest BCUT2D eigenvalue weighted by Gasteiger charge is -2.24. The predicted molar refractivity (Wildman–Crippen MR) is 114 cm³/mol. The van der Waals surface area contributed by atoms with Crippen molar-refractivity contribution in [2.24, 2.45) is 0 Å². The van der Waals surface area contributed by atoms with Gasteiger partial charge < -0.3 is 9.80 Å². The van der Waals surface area contributed by atoms with E-state index in [1.165, 1.54) is 4.90 Å². The topological polar surface area (TPSA) is 57.7 Å². The molecule has 2 aromatic carbocycles. The van der Waals surface area contributed by atoms with Gasteiger partial charge in [0.05, 0.1) is 12.6 Å². The van der Waals surface area contributed by atoms with E-state index in [0.717, 1.165) is 11.8 Å². The zero-order valence-electron chi connectivity index (χ0n) is 16.3. The van der Waals surface area contributed by atoms with Crippen molar-refractivity contribution in [2.75, 3.05) is 13.1 Å². The average Bonchev–Trinajstić information content (AvgIpc) is 3.32. The van der Waals surface area contributed by atoms with Gasteiger partial charge in [0.1, 0.15) is 11.9 Å². The Morgan fingerprint density at radius 3 is 2.63 bits per heavy atom. The van der Waals surface area contributed by atoms with E-state index in [4.69, 9.17) is 11.6 Å². The van der Waals surface area contributed by atoms with E-state index in [1.807, 2.05) is 6.07 Å². The van der Waals surface area contributed by atoms with Crippen LogP contribution >= 0.6 is 23.4 Å². The molecule has 5 nitrogen and oxygen atoms in total. The van der Waals surface area contributed by atoms with Crippen molar-refractivity contribution in [1.29, 1.82) is 0 Å². The van der Waals surface area contributed by atoms with Gasteiger partial charge in [0.2, 0.25) is 0 Å². The molecule has 2 atom stereocenters. The molecule has 4 rings (SSSR count). The molecule has 8 heteroatoms. The Morgan fingerprint density at radius 2 is 1.90 bits per heavy atom. The standard InChI is InChI=1S/C22H20ClFN2O3S/c1-13-7-8-16(23)15(19(13)24)12-30-22(29)25-10-9-17-20(25)18(27)11-26(17)21(28)14-5-3-2-4-6-14/h2-8,17,20H,9-12H2,1H3. The summed E-state index contributed by atoms with van der Waals surface area (Å²) in [6.07, 6.45) is 0.543. The molecule has 30 heavy (non-hydrogen) atoms. The van der Waals surface area contributed by atoms with Crippen LogP contribution in [0.5, 0.6) is 0 Å². The summed E-state index contributed by atoms with van der Waals surface area (Å²) in [4.78, 5) is 41.4. The van der Waals surface area contributed by atoms with Gasteiger partial charge in [-0.3, -0.25) is 14.4 Å². The smallest absolute Gasteiger partial charge is 0.282 e. The number of fused-ring (bicyclic) bond motifs is 1. The minimum atomic E-state index is -0.643. The Balaban J connectivity index is 1.46. The Labute approximate surface area is 183 Å². The number of ketones is 1. The van der Waals surface area contributed by atoms with E-state index >= 15 is 0 Å². The van der Waals surface area contributed by atoms with Gasteiger partial charge in [-0.2, -0.15) is 0 Å². The summed E-state index contributed by atoms with van der Waals surface area (Å²) < 4.78 is 14.3. The summed E-state index contributed by atoms with van der Waals surface area (Å²) in [5.74, 6) is -0.680. The first kappa shape index (κ1) is 20.9. The Morgan fingerprint density at radius 1 is 1.17 bits per heavy atom. The summed E-state index contributed by atoms with van der Waals surface area (Å²) in [6, 6.07) is 11.0. The monoisotopic (exact) mass is 446 g/mol. The maximum absolute atomic E-state index is 14.3. The zero-order chi connectivity index (χ0) is 21.4. The molecule has 0 radical (unpaired) electrons. The van der Waals surface area contributed by atoms with Gasteiger partial charge in [-0.25, -0.2) is 4.39 Å². The van der Waals surface area contributed by atoms with Gasteiger partial charge in [-0.1, -0.05) is 47.6 Å². The second-order valence-corrected chi connectivity index (χ2v) is 8.80. The number of nitrogens with zero attached hydrogens (tertiary/aromatic N) is 2. The van der Waals surface area contributed by atoms with Gasteiger partial charge in [-0.05, 0) is 37.1 Å². The van der Waals surface area contributed by atoms with Crippen LogP contribution in [-0.2, 0) is 10.5 Å². The van der Waals surface area contributed by atoms with Crippen molar-refractivity contribution in [1.82, 2.24) is 9.80 Å². The molecule has 2 saturated heterocycles. The summed E-state index contributed by atoms with van der Waals surface area (Å²) in [5, 5.41) is -0.0314. The van der Waals surface area contributed by atoms with Crippen molar-refractivity contribution in [3.8, 4) is 0 Å².